The molecule has 4 rings (SSSR count). The van der Waals surface area contributed by atoms with Gasteiger partial charge >= 0.3 is 0 Å². The van der Waals surface area contributed by atoms with Gasteiger partial charge in [-0.2, -0.15) is 5.26 Å². The number of hydrogen-bond donors (Lipinski definition) is 1. The second kappa shape index (κ2) is 15.5. The molecule has 0 radical (unpaired) electrons. The molecule has 4 aromatic carbocycles. The summed E-state index contributed by atoms with van der Waals surface area (Å²) in [5.41, 5.74) is 3.08. The van der Waals surface area contributed by atoms with Gasteiger partial charge in [0.1, 0.15) is 30.6 Å². The van der Waals surface area contributed by atoms with E-state index < -0.39 is 5.91 Å². The Labute approximate surface area is 252 Å². The molecule has 0 aliphatic carbocycles. The van der Waals surface area contributed by atoms with Crippen LogP contribution < -0.4 is 29.0 Å². The fourth-order valence-corrected chi connectivity index (χ4v) is 4.12. The van der Waals surface area contributed by atoms with E-state index in [1.54, 1.807) is 49.6 Å². The molecular formula is C35H34N2O6. The Kier molecular flexibility index (Phi) is 11.0. The van der Waals surface area contributed by atoms with Crippen molar-refractivity contribution in [3.8, 4) is 34.8 Å². The number of methoxy groups -OCH3 is 1. The molecule has 8 nitrogen and oxygen atoms in total. The highest BCUT2D eigenvalue weighted by Crippen LogP contribution is 2.33. The second-order valence-corrected chi connectivity index (χ2v) is 9.27. The van der Waals surface area contributed by atoms with Crippen molar-refractivity contribution in [3.63, 3.8) is 0 Å². The van der Waals surface area contributed by atoms with Crippen molar-refractivity contribution < 1.29 is 28.5 Å². The predicted molar refractivity (Wildman–Crippen MR) is 166 cm³/mol. The van der Waals surface area contributed by atoms with Gasteiger partial charge in [-0.25, -0.2) is 0 Å². The summed E-state index contributed by atoms with van der Waals surface area (Å²) in [6, 6.07) is 29.8. The lowest BCUT2D eigenvalue weighted by Crippen LogP contribution is -2.13. The first-order valence-corrected chi connectivity index (χ1v) is 13.9. The van der Waals surface area contributed by atoms with E-state index in [2.05, 4.69) is 5.32 Å². The molecule has 0 fully saturated rings. The van der Waals surface area contributed by atoms with E-state index >= 15 is 0 Å². The summed E-state index contributed by atoms with van der Waals surface area (Å²) >= 11 is 0. The molecule has 1 amide bonds. The molecule has 0 atom stereocenters. The number of nitrogens with zero attached hydrogens (tertiary/aromatic N) is 1. The summed E-state index contributed by atoms with van der Waals surface area (Å²) < 4.78 is 28.9. The van der Waals surface area contributed by atoms with Crippen molar-refractivity contribution in [1.82, 2.24) is 0 Å². The van der Waals surface area contributed by atoms with E-state index in [-0.39, 0.29) is 12.2 Å². The van der Waals surface area contributed by atoms with Crippen LogP contribution in [0.2, 0.25) is 0 Å². The molecule has 8 heteroatoms. The summed E-state index contributed by atoms with van der Waals surface area (Å²) in [5, 5.41) is 12.4. The fraction of sp³-hybridized carbons (Fsp3) is 0.200. The topological polar surface area (TPSA) is 99.0 Å². The van der Waals surface area contributed by atoms with Gasteiger partial charge in [-0.05, 0) is 85.1 Å². The van der Waals surface area contributed by atoms with Crippen molar-refractivity contribution in [3.05, 3.63) is 113 Å². The van der Waals surface area contributed by atoms with Crippen LogP contribution in [0, 0.1) is 11.3 Å². The molecular weight excluding hydrogens is 544 g/mol. The molecule has 0 heterocycles. The molecule has 220 valence electrons. The number of amides is 1. The summed E-state index contributed by atoms with van der Waals surface area (Å²) in [7, 11) is 1.57. The van der Waals surface area contributed by atoms with Crippen LogP contribution in [-0.4, -0.2) is 26.2 Å². The maximum atomic E-state index is 12.7. The van der Waals surface area contributed by atoms with Gasteiger partial charge in [-0.15, -0.1) is 0 Å². The van der Waals surface area contributed by atoms with Gasteiger partial charge in [-0.3, -0.25) is 4.79 Å². The van der Waals surface area contributed by atoms with Crippen molar-refractivity contribution in [2.75, 3.05) is 25.6 Å². The van der Waals surface area contributed by atoms with Crippen LogP contribution in [-0.2, 0) is 18.0 Å². The SMILES string of the molecule is CCOc1cc(/C=C(/C#N)C(=O)Nc2ccc(OC)cc2)ccc1OCc1ccc(OCc2ccccc2)c(OCC)c1. The number of rotatable bonds is 14. The minimum Gasteiger partial charge on any atom is -0.497 e. The van der Waals surface area contributed by atoms with Gasteiger partial charge < -0.3 is 29.0 Å². The number of benzene rings is 4. The maximum absolute atomic E-state index is 12.7. The van der Waals surface area contributed by atoms with E-state index in [9.17, 15) is 10.1 Å². The molecule has 0 aliphatic rings. The van der Waals surface area contributed by atoms with Gasteiger partial charge in [0.25, 0.3) is 5.91 Å². The molecule has 0 unspecified atom stereocenters. The molecule has 0 saturated heterocycles. The third-order valence-corrected chi connectivity index (χ3v) is 6.23. The monoisotopic (exact) mass is 578 g/mol. The van der Waals surface area contributed by atoms with Gasteiger partial charge in [0, 0.05) is 5.69 Å². The van der Waals surface area contributed by atoms with E-state index in [0.717, 1.165) is 11.1 Å². The summed E-state index contributed by atoms with van der Waals surface area (Å²) in [4.78, 5) is 12.7. The molecule has 0 saturated carbocycles. The smallest absolute Gasteiger partial charge is 0.266 e. The van der Waals surface area contributed by atoms with Crippen LogP contribution in [0.3, 0.4) is 0 Å². The summed E-state index contributed by atoms with van der Waals surface area (Å²) in [6.07, 6.45) is 1.51. The molecule has 0 spiro atoms. The Bertz CT molecular complexity index is 1580. The van der Waals surface area contributed by atoms with Crippen LogP contribution in [0.15, 0.2) is 96.6 Å². The molecule has 1 N–H and O–H groups in total. The first kappa shape index (κ1) is 30.5. The molecule has 43 heavy (non-hydrogen) atoms. The van der Waals surface area contributed by atoms with Gasteiger partial charge in [0.2, 0.25) is 0 Å². The fourth-order valence-electron chi connectivity index (χ4n) is 4.12. The quantitative estimate of drug-likeness (QED) is 0.125. The normalized spacial score (nSPS) is 10.8. The lowest BCUT2D eigenvalue weighted by atomic mass is 10.1. The second-order valence-electron chi connectivity index (χ2n) is 9.27. The number of hydrogen-bond acceptors (Lipinski definition) is 7. The Morgan fingerprint density at radius 2 is 1.37 bits per heavy atom. The third kappa shape index (κ3) is 8.78. The number of carbonyl (C=O) groups is 1. The zero-order chi connectivity index (χ0) is 30.4. The molecule has 0 bridgehead atoms. The lowest BCUT2D eigenvalue weighted by molar-refractivity contribution is -0.112. The summed E-state index contributed by atoms with van der Waals surface area (Å²) in [5.74, 6) is 2.47. The summed E-state index contributed by atoms with van der Waals surface area (Å²) in [6.45, 7) is 5.41. The average Bonchev–Trinajstić information content (AvgIpc) is 3.04. The zero-order valence-electron chi connectivity index (χ0n) is 24.5. The van der Waals surface area contributed by atoms with E-state index in [4.69, 9.17) is 23.7 Å². The first-order valence-electron chi connectivity index (χ1n) is 13.9. The van der Waals surface area contributed by atoms with E-state index in [1.807, 2.05) is 68.4 Å². The van der Waals surface area contributed by atoms with E-state index in [0.29, 0.717) is 59.8 Å². The number of nitriles is 1. The number of carbonyl (C=O) groups excluding carboxylic acids is 1. The lowest BCUT2D eigenvalue weighted by Gasteiger charge is -2.15. The number of anilines is 1. The Morgan fingerprint density at radius 1 is 0.744 bits per heavy atom. The predicted octanol–water partition coefficient (Wildman–Crippen LogP) is 7.20. The minimum absolute atomic E-state index is 0.0510. The Balaban J connectivity index is 1.45. The van der Waals surface area contributed by atoms with Crippen LogP contribution in [0.25, 0.3) is 6.08 Å². The van der Waals surface area contributed by atoms with Gasteiger partial charge in [0.15, 0.2) is 23.0 Å². The van der Waals surface area contributed by atoms with Crippen LogP contribution in [0.4, 0.5) is 5.69 Å². The van der Waals surface area contributed by atoms with Crippen LogP contribution >= 0.6 is 0 Å². The molecule has 4 aromatic rings. The van der Waals surface area contributed by atoms with Crippen molar-refractivity contribution in [1.29, 1.82) is 5.26 Å². The third-order valence-electron chi connectivity index (χ3n) is 6.23. The number of ether oxygens (including phenoxy) is 5. The van der Waals surface area contributed by atoms with Crippen LogP contribution in [0.5, 0.6) is 28.7 Å². The highest BCUT2D eigenvalue weighted by atomic mass is 16.5. The van der Waals surface area contributed by atoms with Crippen molar-refractivity contribution >= 4 is 17.7 Å². The average molecular weight is 579 g/mol. The zero-order valence-corrected chi connectivity index (χ0v) is 24.5. The molecule has 0 aliphatic heterocycles. The maximum Gasteiger partial charge on any atom is 0.266 e. The Hall–Kier alpha value is -5.42. The van der Waals surface area contributed by atoms with Gasteiger partial charge in [0.05, 0.1) is 20.3 Å². The van der Waals surface area contributed by atoms with Crippen LogP contribution in [0.1, 0.15) is 30.5 Å². The molecule has 0 aromatic heterocycles. The largest absolute Gasteiger partial charge is 0.497 e. The first-order chi connectivity index (χ1) is 21.0. The van der Waals surface area contributed by atoms with Gasteiger partial charge in [-0.1, -0.05) is 42.5 Å². The highest BCUT2D eigenvalue weighted by Gasteiger charge is 2.13. The Morgan fingerprint density at radius 3 is 2.00 bits per heavy atom. The standard InChI is InChI=1S/C35H34N2O6/c1-4-40-33-20-26(19-28(22-36)35(38)37-29-13-15-30(39-3)16-14-29)11-17-31(33)43-24-27-12-18-32(34(21-27)41-5-2)42-23-25-9-7-6-8-10-25/h6-21H,4-5,23-24H2,1-3H3,(H,37,38)/b28-19-. The number of nitrogens with one attached hydrogen (secondary N) is 1. The van der Waals surface area contributed by atoms with E-state index in [1.165, 1.54) is 6.08 Å². The van der Waals surface area contributed by atoms with Crippen molar-refractivity contribution in [2.45, 2.75) is 27.1 Å². The minimum atomic E-state index is -0.521. The van der Waals surface area contributed by atoms with Crippen molar-refractivity contribution in [2.24, 2.45) is 0 Å². The highest BCUT2D eigenvalue weighted by molar-refractivity contribution is 6.09.